The van der Waals surface area contributed by atoms with Crippen LogP contribution in [0.2, 0.25) is 0 Å². The zero-order chi connectivity index (χ0) is 17.9. The molecule has 1 saturated heterocycles. The molecular formula is C18H23Cl2F3N2O2. The van der Waals surface area contributed by atoms with E-state index in [-0.39, 0.29) is 36.6 Å². The fourth-order valence-electron chi connectivity index (χ4n) is 3.08. The van der Waals surface area contributed by atoms with Gasteiger partial charge in [-0.3, -0.25) is 4.90 Å². The van der Waals surface area contributed by atoms with Crippen LogP contribution in [-0.2, 0) is 6.42 Å². The van der Waals surface area contributed by atoms with Gasteiger partial charge in [-0.15, -0.1) is 38.0 Å². The van der Waals surface area contributed by atoms with Crippen LogP contribution in [0.15, 0.2) is 40.8 Å². The van der Waals surface area contributed by atoms with Gasteiger partial charge in [-0.2, -0.15) is 0 Å². The first-order valence-electron chi connectivity index (χ1n) is 8.35. The van der Waals surface area contributed by atoms with Crippen molar-refractivity contribution in [3.63, 3.8) is 0 Å². The van der Waals surface area contributed by atoms with Crippen LogP contribution in [0.3, 0.4) is 0 Å². The van der Waals surface area contributed by atoms with Gasteiger partial charge in [-0.1, -0.05) is 19.1 Å². The molecule has 0 amide bonds. The van der Waals surface area contributed by atoms with Crippen LogP contribution in [0, 0.1) is 0 Å². The largest absolute Gasteiger partial charge is 0.573 e. The number of benzene rings is 1. The van der Waals surface area contributed by atoms with Gasteiger partial charge in [0, 0.05) is 32.6 Å². The molecule has 1 fully saturated rings. The van der Waals surface area contributed by atoms with Gasteiger partial charge < -0.3 is 14.5 Å². The normalized spacial score (nSPS) is 16.1. The lowest BCUT2D eigenvalue weighted by Gasteiger charge is -2.34. The van der Waals surface area contributed by atoms with Crippen LogP contribution in [0.25, 0.3) is 0 Å². The minimum absolute atomic E-state index is 0. The number of alkyl halides is 3. The third-order valence-electron chi connectivity index (χ3n) is 4.25. The number of aryl methyl sites for hydroxylation is 1. The van der Waals surface area contributed by atoms with E-state index < -0.39 is 6.36 Å². The summed E-state index contributed by atoms with van der Waals surface area (Å²) in [4.78, 5) is 2.27. The van der Waals surface area contributed by atoms with E-state index in [1.54, 1.807) is 12.1 Å². The number of rotatable bonds is 5. The molecule has 1 N–H and O–H groups in total. The highest BCUT2D eigenvalue weighted by molar-refractivity contribution is 5.85. The predicted molar refractivity (Wildman–Crippen MR) is 102 cm³/mol. The van der Waals surface area contributed by atoms with Gasteiger partial charge in [-0.25, -0.2) is 0 Å². The number of hydrogen-bond donors (Lipinski definition) is 1. The molecule has 0 spiro atoms. The van der Waals surface area contributed by atoms with Crippen molar-refractivity contribution in [3.05, 3.63) is 53.5 Å². The minimum Gasteiger partial charge on any atom is -0.464 e. The molecule has 0 unspecified atom stereocenters. The van der Waals surface area contributed by atoms with Crippen LogP contribution >= 0.6 is 24.8 Å². The summed E-state index contributed by atoms with van der Waals surface area (Å²) in [6.45, 7) is 5.44. The molecule has 1 aliphatic rings. The van der Waals surface area contributed by atoms with Gasteiger partial charge in [0.2, 0.25) is 0 Å². The molecule has 2 aromatic rings. The van der Waals surface area contributed by atoms with Crippen molar-refractivity contribution in [2.45, 2.75) is 25.7 Å². The van der Waals surface area contributed by atoms with Crippen molar-refractivity contribution in [1.82, 2.24) is 10.2 Å². The quantitative estimate of drug-likeness (QED) is 0.759. The molecule has 1 atom stereocenters. The molecule has 4 nitrogen and oxygen atoms in total. The van der Waals surface area contributed by atoms with E-state index in [9.17, 15) is 13.2 Å². The molecule has 3 rings (SSSR count). The summed E-state index contributed by atoms with van der Waals surface area (Å²) >= 11 is 0. The van der Waals surface area contributed by atoms with Crippen LogP contribution < -0.4 is 10.1 Å². The standard InChI is InChI=1S/C18H21F3N2O2.2ClH/c1-2-14-7-8-16(24-14)17(23-11-9-22-10-12-23)13-3-5-15(6-4-13)25-18(19,20)21;;/h3-8,17,22H,2,9-12H2,1H3;2*1H/t17-;;/m1../s1. The van der Waals surface area contributed by atoms with Crippen LogP contribution in [-0.4, -0.2) is 37.4 Å². The highest BCUT2D eigenvalue weighted by Crippen LogP contribution is 2.32. The first kappa shape index (κ1) is 23.6. The fraction of sp³-hybridized carbons (Fsp3) is 0.444. The highest BCUT2D eigenvalue weighted by atomic mass is 35.5. The summed E-state index contributed by atoms with van der Waals surface area (Å²) in [6.07, 6.45) is -3.89. The zero-order valence-corrected chi connectivity index (χ0v) is 16.4. The Morgan fingerprint density at radius 3 is 2.22 bits per heavy atom. The zero-order valence-electron chi connectivity index (χ0n) is 14.8. The molecule has 0 aliphatic carbocycles. The molecule has 0 radical (unpaired) electrons. The number of halogens is 5. The van der Waals surface area contributed by atoms with Crippen molar-refractivity contribution >= 4 is 24.8 Å². The second-order valence-corrected chi connectivity index (χ2v) is 5.96. The van der Waals surface area contributed by atoms with Crippen molar-refractivity contribution in [2.75, 3.05) is 26.2 Å². The van der Waals surface area contributed by atoms with Gasteiger partial charge in [0.1, 0.15) is 17.3 Å². The monoisotopic (exact) mass is 426 g/mol. The van der Waals surface area contributed by atoms with E-state index in [1.807, 2.05) is 19.1 Å². The first-order valence-corrected chi connectivity index (χ1v) is 8.35. The van der Waals surface area contributed by atoms with Crippen molar-refractivity contribution in [2.24, 2.45) is 0 Å². The molecule has 1 aromatic heterocycles. The average Bonchev–Trinajstić information content (AvgIpc) is 3.05. The maximum absolute atomic E-state index is 12.3. The van der Waals surface area contributed by atoms with E-state index in [4.69, 9.17) is 4.42 Å². The Balaban J connectivity index is 0.00000182. The van der Waals surface area contributed by atoms with E-state index in [0.717, 1.165) is 49.7 Å². The van der Waals surface area contributed by atoms with Crippen LogP contribution in [0.5, 0.6) is 5.75 Å². The van der Waals surface area contributed by atoms with Crippen molar-refractivity contribution < 1.29 is 22.3 Å². The van der Waals surface area contributed by atoms with Crippen molar-refractivity contribution in [3.8, 4) is 5.75 Å². The first-order chi connectivity index (χ1) is 12.0. The van der Waals surface area contributed by atoms with E-state index in [2.05, 4.69) is 15.0 Å². The summed E-state index contributed by atoms with van der Waals surface area (Å²) in [5, 5.41) is 3.31. The molecule has 2 heterocycles. The molecular weight excluding hydrogens is 404 g/mol. The fourth-order valence-corrected chi connectivity index (χ4v) is 3.08. The number of ether oxygens (including phenoxy) is 1. The van der Waals surface area contributed by atoms with Crippen LogP contribution in [0.1, 0.15) is 30.0 Å². The van der Waals surface area contributed by atoms with Crippen LogP contribution in [0.4, 0.5) is 13.2 Å². The summed E-state index contributed by atoms with van der Waals surface area (Å²) in [7, 11) is 0. The Kier molecular flexibility index (Phi) is 8.94. The Labute approximate surface area is 168 Å². The summed E-state index contributed by atoms with van der Waals surface area (Å²) < 4.78 is 46.9. The smallest absolute Gasteiger partial charge is 0.464 e. The number of nitrogens with zero attached hydrogens (tertiary/aromatic N) is 1. The second-order valence-electron chi connectivity index (χ2n) is 5.96. The number of nitrogens with one attached hydrogen (secondary N) is 1. The minimum atomic E-state index is -4.68. The Morgan fingerprint density at radius 1 is 1.07 bits per heavy atom. The predicted octanol–water partition coefficient (Wildman–Crippen LogP) is 4.58. The topological polar surface area (TPSA) is 37.6 Å². The van der Waals surface area contributed by atoms with E-state index in [1.165, 1.54) is 12.1 Å². The lowest BCUT2D eigenvalue weighted by molar-refractivity contribution is -0.274. The third-order valence-corrected chi connectivity index (χ3v) is 4.25. The van der Waals surface area contributed by atoms with Crippen molar-refractivity contribution in [1.29, 1.82) is 0 Å². The average molecular weight is 427 g/mol. The summed E-state index contributed by atoms with van der Waals surface area (Å²) in [6, 6.07) is 9.81. The SMILES string of the molecule is CCc1ccc([C@@H](c2ccc(OC(F)(F)F)cc2)N2CCNCC2)o1.Cl.Cl. The molecule has 1 aromatic carbocycles. The number of piperazine rings is 1. The molecule has 0 bridgehead atoms. The molecule has 0 saturated carbocycles. The third kappa shape index (κ3) is 6.31. The molecule has 27 heavy (non-hydrogen) atoms. The lowest BCUT2D eigenvalue weighted by Crippen LogP contribution is -2.45. The summed E-state index contributed by atoms with van der Waals surface area (Å²) in [5.41, 5.74) is 0.883. The maximum Gasteiger partial charge on any atom is 0.573 e. The maximum atomic E-state index is 12.3. The van der Waals surface area contributed by atoms with Gasteiger partial charge in [0.15, 0.2) is 0 Å². The van der Waals surface area contributed by atoms with Gasteiger partial charge in [-0.05, 0) is 29.8 Å². The Morgan fingerprint density at radius 2 is 1.70 bits per heavy atom. The Bertz CT molecular complexity index is 687. The van der Waals surface area contributed by atoms with E-state index in [0.29, 0.717) is 0 Å². The number of hydrogen-bond acceptors (Lipinski definition) is 4. The van der Waals surface area contributed by atoms with Gasteiger partial charge >= 0.3 is 6.36 Å². The Hall–Kier alpha value is -1.41. The number of furan rings is 1. The van der Waals surface area contributed by atoms with Gasteiger partial charge in [0.25, 0.3) is 0 Å². The molecule has 1 aliphatic heterocycles. The molecule has 9 heteroatoms. The van der Waals surface area contributed by atoms with Gasteiger partial charge in [0.05, 0.1) is 6.04 Å². The second kappa shape index (κ2) is 10.2. The van der Waals surface area contributed by atoms with E-state index >= 15 is 0 Å². The molecule has 152 valence electrons. The summed E-state index contributed by atoms with van der Waals surface area (Å²) in [5.74, 6) is 1.49. The highest BCUT2D eigenvalue weighted by Gasteiger charge is 2.31. The lowest BCUT2D eigenvalue weighted by atomic mass is 10.0.